The van der Waals surface area contributed by atoms with Crippen LogP contribution in [0.1, 0.15) is 11.1 Å². The third-order valence-corrected chi connectivity index (χ3v) is 2.83. The minimum absolute atomic E-state index is 0.0910. The Morgan fingerprint density at radius 3 is 2.95 bits per heavy atom. The monoisotopic (exact) mass is 279 g/mol. The Kier molecular flexibility index (Phi) is 3.86. The molecule has 0 atom stereocenters. The number of aromatic nitrogens is 3. The first-order valence-corrected chi connectivity index (χ1v) is 5.75. The molecule has 7 nitrogen and oxygen atoms in total. The minimum atomic E-state index is -0.610. The average molecular weight is 280 g/mol. The van der Waals surface area contributed by atoms with Gasteiger partial charge in [-0.05, 0) is 24.1 Å². The fraction of sp³-hybridized carbons (Fsp3) is 0.182. The van der Waals surface area contributed by atoms with Crippen molar-refractivity contribution in [2.75, 3.05) is 5.32 Å². The highest BCUT2D eigenvalue weighted by Crippen LogP contribution is 2.28. The molecule has 98 valence electrons. The lowest BCUT2D eigenvalue weighted by molar-refractivity contribution is -0.384. The van der Waals surface area contributed by atoms with Gasteiger partial charge in [-0.25, -0.2) is 9.97 Å². The normalized spacial score (nSPS) is 10.2. The van der Waals surface area contributed by atoms with Crippen molar-refractivity contribution in [3.63, 3.8) is 0 Å². The van der Waals surface area contributed by atoms with Crippen LogP contribution in [0.25, 0.3) is 0 Å². The number of pyridine rings is 1. The van der Waals surface area contributed by atoms with Gasteiger partial charge in [-0.2, -0.15) is 0 Å². The van der Waals surface area contributed by atoms with Crippen molar-refractivity contribution in [2.24, 2.45) is 0 Å². The molecule has 2 heterocycles. The number of anilines is 1. The largest absolute Gasteiger partial charge is 0.360 e. The Balaban J connectivity index is 2.23. The zero-order valence-corrected chi connectivity index (χ0v) is 10.8. The van der Waals surface area contributed by atoms with E-state index in [4.69, 9.17) is 11.6 Å². The fourth-order valence-corrected chi connectivity index (χ4v) is 1.71. The Hall–Kier alpha value is -2.28. The van der Waals surface area contributed by atoms with E-state index in [1.807, 2.05) is 13.0 Å². The van der Waals surface area contributed by atoms with Crippen LogP contribution < -0.4 is 5.32 Å². The molecule has 0 aromatic carbocycles. The molecule has 0 saturated carbocycles. The summed E-state index contributed by atoms with van der Waals surface area (Å²) in [6.07, 6.45) is 4.55. The fourth-order valence-electron chi connectivity index (χ4n) is 1.51. The number of hydrogen-bond acceptors (Lipinski definition) is 6. The van der Waals surface area contributed by atoms with Crippen LogP contribution in [-0.2, 0) is 6.54 Å². The molecule has 19 heavy (non-hydrogen) atoms. The number of aryl methyl sites for hydroxylation is 1. The van der Waals surface area contributed by atoms with Gasteiger partial charge in [-0.3, -0.25) is 15.1 Å². The predicted octanol–water partition coefficient (Wildman–Crippen LogP) is 2.35. The summed E-state index contributed by atoms with van der Waals surface area (Å²) >= 11 is 5.69. The second-order valence-electron chi connectivity index (χ2n) is 3.77. The smallest absolute Gasteiger partial charge is 0.348 e. The van der Waals surface area contributed by atoms with E-state index in [2.05, 4.69) is 20.3 Å². The standard InChI is InChI=1S/C11H10ClN5O2/c1-7-2-3-13-4-8(7)5-14-11-9(17(18)19)10(12)15-6-16-11/h2-4,6H,5H2,1H3,(H,14,15,16). The van der Waals surface area contributed by atoms with Gasteiger partial charge in [-0.15, -0.1) is 0 Å². The van der Waals surface area contributed by atoms with Gasteiger partial charge in [0, 0.05) is 18.9 Å². The molecule has 0 aliphatic rings. The molecule has 2 aromatic heterocycles. The molecule has 0 unspecified atom stereocenters. The topological polar surface area (TPSA) is 93.8 Å². The van der Waals surface area contributed by atoms with Gasteiger partial charge in [0.25, 0.3) is 0 Å². The molecule has 0 aliphatic heterocycles. The maximum absolute atomic E-state index is 10.9. The van der Waals surface area contributed by atoms with Crippen molar-refractivity contribution in [1.29, 1.82) is 0 Å². The van der Waals surface area contributed by atoms with Crippen LogP contribution in [-0.4, -0.2) is 19.9 Å². The van der Waals surface area contributed by atoms with Gasteiger partial charge in [0.2, 0.25) is 11.0 Å². The Labute approximate surface area is 113 Å². The zero-order valence-electron chi connectivity index (χ0n) is 10.00. The molecule has 0 amide bonds. The Morgan fingerprint density at radius 1 is 1.47 bits per heavy atom. The van der Waals surface area contributed by atoms with Crippen LogP contribution in [0, 0.1) is 17.0 Å². The third kappa shape index (κ3) is 2.94. The number of halogens is 1. The number of rotatable bonds is 4. The number of nitro groups is 1. The van der Waals surface area contributed by atoms with Gasteiger partial charge in [0.15, 0.2) is 0 Å². The SMILES string of the molecule is Cc1ccncc1CNc1ncnc(Cl)c1[N+](=O)[O-]. The predicted molar refractivity (Wildman–Crippen MR) is 70.0 cm³/mol. The molecule has 1 N–H and O–H groups in total. The molecular weight excluding hydrogens is 270 g/mol. The minimum Gasteiger partial charge on any atom is -0.360 e. The molecule has 0 spiro atoms. The van der Waals surface area contributed by atoms with E-state index in [0.29, 0.717) is 6.54 Å². The highest BCUT2D eigenvalue weighted by Gasteiger charge is 2.21. The quantitative estimate of drug-likeness (QED) is 0.524. The van der Waals surface area contributed by atoms with Crippen molar-refractivity contribution in [3.05, 3.63) is 51.2 Å². The van der Waals surface area contributed by atoms with Crippen molar-refractivity contribution in [3.8, 4) is 0 Å². The van der Waals surface area contributed by atoms with Gasteiger partial charge in [-0.1, -0.05) is 11.6 Å². The van der Waals surface area contributed by atoms with Crippen molar-refractivity contribution in [2.45, 2.75) is 13.5 Å². The highest BCUT2D eigenvalue weighted by molar-refractivity contribution is 6.31. The lowest BCUT2D eigenvalue weighted by atomic mass is 10.1. The van der Waals surface area contributed by atoms with E-state index in [1.165, 1.54) is 6.33 Å². The summed E-state index contributed by atoms with van der Waals surface area (Å²) in [7, 11) is 0. The van der Waals surface area contributed by atoms with Gasteiger partial charge < -0.3 is 5.32 Å². The molecule has 2 rings (SSSR count). The molecule has 8 heteroatoms. The van der Waals surface area contributed by atoms with Gasteiger partial charge >= 0.3 is 5.69 Å². The molecule has 0 fully saturated rings. The van der Waals surface area contributed by atoms with E-state index in [-0.39, 0.29) is 16.7 Å². The summed E-state index contributed by atoms with van der Waals surface area (Å²) in [5.41, 5.74) is 1.63. The van der Waals surface area contributed by atoms with Gasteiger partial charge in [0.05, 0.1) is 4.92 Å². The molecule has 0 radical (unpaired) electrons. The van der Waals surface area contributed by atoms with Crippen LogP contribution in [0.2, 0.25) is 5.15 Å². The van der Waals surface area contributed by atoms with Crippen LogP contribution in [0.4, 0.5) is 11.5 Å². The number of nitrogens with one attached hydrogen (secondary N) is 1. The maximum atomic E-state index is 10.9. The molecule has 0 aliphatic carbocycles. The van der Waals surface area contributed by atoms with Gasteiger partial charge in [0.1, 0.15) is 6.33 Å². The molecule has 2 aromatic rings. The molecule has 0 bridgehead atoms. The summed E-state index contributed by atoms with van der Waals surface area (Å²) in [5.74, 6) is 0.0910. The number of hydrogen-bond donors (Lipinski definition) is 1. The second-order valence-corrected chi connectivity index (χ2v) is 4.13. The molecular formula is C11H10ClN5O2. The van der Waals surface area contributed by atoms with Crippen molar-refractivity contribution in [1.82, 2.24) is 15.0 Å². The first-order valence-electron chi connectivity index (χ1n) is 5.38. The summed E-state index contributed by atoms with van der Waals surface area (Å²) in [6, 6.07) is 1.86. The second kappa shape index (κ2) is 5.57. The van der Waals surface area contributed by atoms with E-state index in [1.54, 1.807) is 12.4 Å². The van der Waals surface area contributed by atoms with Crippen LogP contribution in [0.15, 0.2) is 24.8 Å². The van der Waals surface area contributed by atoms with Crippen molar-refractivity contribution < 1.29 is 4.92 Å². The Bertz CT molecular complexity index is 620. The third-order valence-electron chi connectivity index (χ3n) is 2.55. The summed E-state index contributed by atoms with van der Waals surface area (Å²) in [5, 5.41) is 13.6. The van der Waals surface area contributed by atoms with Crippen LogP contribution in [0.5, 0.6) is 0 Å². The van der Waals surface area contributed by atoms with E-state index < -0.39 is 4.92 Å². The number of nitrogens with zero attached hydrogens (tertiary/aromatic N) is 4. The Morgan fingerprint density at radius 2 is 2.26 bits per heavy atom. The van der Waals surface area contributed by atoms with E-state index in [9.17, 15) is 10.1 Å². The average Bonchev–Trinajstić information content (AvgIpc) is 2.37. The maximum Gasteiger partial charge on any atom is 0.348 e. The first-order chi connectivity index (χ1) is 9.09. The summed E-state index contributed by atoms with van der Waals surface area (Å²) in [6.45, 7) is 2.30. The lowest BCUT2D eigenvalue weighted by Gasteiger charge is -2.08. The summed E-state index contributed by atoms with van der Waals surface area (Å²) in [4.78, 5) is 21.7. The van der Waals surface area contributed by atoms with Crippen LogP contribution >= 0.6 is 11.6 Å². The van der Waals surface area contributed by atoms with E-state index in [0.717, 1.165) is 11.1 Å². The zero-order chi connectivity index (χ0) is 13.8. The van der Waals surface area contributed by atoms with Crippen molar-refractivity contribution >= 4 is 23.1 Å². The summed E-state index contributed by atoms with van der Waals surface area (Å²) < 4.78 is 0. The van der Waals surface area contributed by atoms with E-state index >= 15 is 0 Å². The molecule has 0 saturated heterocycles. The van der Waals surface area contributed by atoms with Crippen LogP contribution in [0.3, 0.4) is 0 Å². The first kappa shape index (κ1) is 13.2. The lowest BCUT2D eigenvalue weighted by Crippen LogP contribution is -2.07. The highest BCUT2D eigenvalue weighted by atomic mass is 35.5.